The first-order chi connectivity index (χ1) is 11.6. The predicted octanol–water partition coefficient (Wildman–Crippen LogP) is 2.01. The molecule has 1 saturated heterocycles. The van der Waals surface area contributed by atoms with Gasteiger partial charge >= 0.3 is 0 Å². The van der Waals surface area contributed by atoms with Crippen molar-refractivity contribution in [3.63, 3.8) is 0 Å². The highest BCUT2D eigenvalue weighted by Gasteiger charge is 2.36. The molecule has 0 radical (unpaired) electrons. The highest BCUT2D eigenvalue weighted by molar-refractivity contribution is 5.98. The molecule has 2 atom stereocenters. The van der Waals surface area contributed by atoms with Gasteiger partial charge in [-0.05, 0) is 31.4 Å². The van der Waals surface area contributed by atoms with Crippen molar-refractivity contribution in [3.05, 3.63) is 53.3 Å². The van der Waals surface area contributed by atoms with Gasteiger partial charge in [0.15, 0.2) is 5.78 Å². The normalized spacial score (nSPS) is 21.8. The molecule has 0 spiro atoms. The molecule has 1 aromatic carbocycles. The highest BCUT2D eigenvalue weighted by atomic mass is 16.3. The molecule has 5 heteroatoms. The van der Waals surface area contributed by atoms with Crippen LogP contribution in [0.15, 0.2) is 36.5 Å². The van der Waals surface area contributed by atoms with E-state index in [1.807, 2.05) is 48.3 Å². The number of Topliss-reactive ketones (excluding diaryl/α,β-unsaturated/α-hetero) is 1. The third-order valence-corrected chi connectivity index (χ3v) is 5.18. The number of nitrogens with zero attached hydrogens (tertiary/aromatic N) is 3. The number of aliphatic hydroxyl groups is 1. The second-order valence-corrected chi connectivity index (χ2v) is 6.57. The Labute approximate surface area is 142 Å². The minimum atomic E-state index is -0.101. The molecule has 1 aliphatic heterocycles. The van der Waals surface area contributed by atoms with E-state index in [4.69, 9.17) is 0 Å². The number of carbonyl (C=O) groups excluding carboxylic acids is 1. The van der Waals surface area contributed by atoms with Gasteiger partial charge < -0.3 is 10.0 Å². The van der Waals surface area contributed by atoms with Crippen molar-refractivity contribution < 1.29 is 9.90 Å². The topological polar surface area (TPSA) is 58.4 Å². The van der Waals surface area contributed by atoms with E-state index >= 15 is 0 Å². The van der Waals surface area contributed by atoms with Gasteiger partial charge in [-0.2, -0.15) is 5.10 Å². The fourth-order valence-corrected chi connectivity index (χ4v) is 3.70. The van der Waals surface area contributed by atoms with Gasteiger partial charge in [-0.25, -0.2) is 0 Å². The van der Waals surface area contributed by atoms with Crippen LogP contribution in [-0.2, 0) is 7.05 Å². The summed E-state index contributed by atoms with van der Waals surface area (Å²) < 4.78 is 1.87. The molecule has 2 aromatic rings. The molecule has 3 rings (SSSR count). The number of β-amino-alcohol motifs (C(OH)–C–C–N with tert-alkyl or cyclic N) is 1. The van der Waals surface area contributed by atoms with Crippen LogP contribution in [0, 0.1) is 12.8 Å². The molecule has 24 heavy (non-hydrogen) atoms. The molecule has 0 unspecified atom stereocenters. The predicted molar refractivity (Wildman–Crippen MR) is 93.1 cm³/mol. The number of aliphatic hydroxyl groups excluding tert-OH is 1. The lowest BCUT2D eigenvalue weighted by molar-refractivity contribution is 0.0747. The van der Waals surface area contributed by atoms with Gasteiger partial charge in [0.1, 0.15) is 0 Å². The fraction of sp³-hybridized carbons (Fsp3) is 0.474. The van der Waals surface area contributed by atoms with Gasteiger partial charge in [0.2, 0.25) is 0 Å². The van der Waals surface area contributed by atoms with Crippen LogP contribution in [0.5, 0.6) is 0 Å². The summed E-state index contributed by atoms with van der Waals surface area (Å²) in [5.41, 5.74) is 3.07. The molecule has 1 aliphatic rings. The van der Waals surface area contributed by atoms with Crippen molar-refractivity contribution in [1.82, 2.24) is 14.7 Å². The largest absolute Gasteiger partial charge is 0.395 e. The Balaban J connectivity index is 1.91. The van der Waals surface area contributed by atoms with Crippen LogP contribution in [0.25, 0.3) is 0 Å². The average molecular weight is 327 g/mol. The zero-order valence-corrected chi connectivity index (χ0v) is 14.4. The summed E-state index contributed by atoms with van der Waals surface area (Å²) in [5.74, 6) is 0.267. The molecule has 0 bridgehead atoms. The SMILES string of the molecule is Cc1c([C@H]2CCN(CCO)C[C@@H]2C(=O)c2ccccc2)cnn1C. The van der Waals surface area contributed by atoms with E-state index in [1.54, 1.807) is 0 Å². The van der Waals surface area contributed by atoms with Gasteiger partial charge in [0.05, 0.1) is 12.8 Å². The first-order valence-electron chi connectivity index (χ1n) is 8.52. The Morgan fingerprint density at radius 1 is 1.33 bits per heavy atom. The number of carbonyl (C=O) groups is 1. The number of rotatable bonds is 5. The third-order valence-electron chi connectivity index (χ3n) is 5.18. The monoisotopic (exact) mass is 327 g/mol. The van der Waals surface area contributed by atoms with Crippen LogP contribution in [0.3, 0.4) is 0 Å². The summed E-state index contributed by atoms with van der Waals surface area (Å²) in [4.78, 5) is 15.3. The van der Waals surface area contributed by atoms with Gasteiger partial charge in [-0.15, -0.1) is 0 Å². The van der Waals surface area contributed by atoms with Crippen molar-refractivity contribution in [1.29, 1.82) is 0 Å². The summed E-state index contributed by atoms with van der Waals surface area (Å²) in [7, 11) is 1.94. The number of hydrogen-bond acceptors (Lipinski definition) is 4. The Kier molecular flexibility index (Phi) is 5.11. The summed E-state index contributed by atoms with van der Waals surface area (Å²) in [6.07, 6.45) is 2.82. The van der Waals surface area contributed by atoms with E-state index < -0.39 is 0 Å². The van der Waals surface area contributed by atoms with Crippen LogP contribution in [-0.4, -0.2) is 51.8 Å². The van der Waals surface area contributed by atoms with Crippen LogP contribution in [0.4, 0.5) is 0 Å². The maximum atomic E-state index is 13.1. The molecule has 0 saturated carbocycles. The molecule has 1 aromatic heterocycles. The molecule has 0 aliphatic carbocycles. The van der Waals surface area contributed by atoms with E-state index in [0.717, 1.165) is 24.2 Å². The maximum absolute atomic E-state index is 13.1. The number of hydrogen-bond donors (Lipinski definition) is 1. The fourth-order valence-electron chi connectivity index (χ4n) is 3.70. The average Bonchev–Trinajstić information content (AvgIpc) is 2.94. The van der Waals surface area contributed by atoms with Crippen molar-refractivity contribution in [2.45, 2.75) is 19.3 Å². The zero-order valence-electron chi connectivity index (χ0n) is 14.4. The molecular weight excluding hydrogens is 302 g/mol. The van der Waals surface area contributed by atoms with Gasteiger partial charge in [0, 0.05) is 37.3 Å². The number of benzene rings is 1. The molecule has 1 N–H and O–H groups in total. The summed E-state index contributed by atoms with van der Waals surface area (Å²) in [6, 6.07) is 9.52. The maximum Gasteiger partial charge on any atom is 0.167 e. The lowest BCUT2D eigenvalue weighted by Crippen LogP contribution is -2.44. The van der Waals surface area contributed by atoms with Gasteiger partial charge in [-0.3, -0.25) is 9.48 Å². The number of likely N-dealkylation sites (tertiary alicyclic amines) is 1. The van der Waals surface area contributed by atoms with Crippen LogP contribution in [0.2, 0.25) is 0 Å². The van der Waals surface area contributed by atoms with Gasteiger partial charge in [0.25, 0.3) is 0 Å². The molecule has 1 fully saturated rings. The lowest BCUT2D eigenvalue weighted by Gasteiger charge is -2.37. The van der Waals surface area contributed by atoms with E-state index in [9.17, 15) is 9.90 Å². The molecule has 5 nitrogen and oxygen atoms in total. The minimum Gasteiger partial charge on any atom is -0.395 e. The van der Waals surface area contributed by atoms with Crippen molar-refractivity contribution >= 4 is 5.78 Å². The van der Waals surface area contributed by atoms with E-state index in [-0.39, 0.29) is 24.2 Å². The first kappa shape index (κ1) is 16.9. The zero-order chi connectivity index (χ0) is 17.1. The number of aromatic nitrogens is 2. The molecular formula is C19H25N3O2. The smallest absolute Gasteiger partial charge is 0.167 e. The molecule has 2 heterocycles. The Hall–Kier alpha value is -1.98. The number of piperidine rings is 1. The second kappa shape index (κ2) is 7.28. The third kappa shape index (κ3) is 3.28. The summed E-state index contributed by atoms with van der Waals surface area (Å²) in [5, 5.41) is 13.6. The van der Waals surface area contributed by atoms with E-state index in [2.05, 4.69) is 16.9 Å². The standard InChI is InChI=1S/C19H25N3O2/c1-14-17(12-20-21(14)2)16-8-9-22(10-11-23)13-18(16)19(24)15-6-4-3-5-7-15/h3-7,12,16,18,23H,8-11,13H2,1-2H3/t16-,18+/m1/s1. The molecule has 0 amide bonds. The minimum absolute atomic E-state index is 0.101. The van der Waals surface area contributed by atoms with E-state index in [0.29, 0.717) is 13.1 Å². The quantitative estimate of drug-likeness (QED) is 0.854. The van der Waals surface area contributed by atoms with Crippen molar-refractivity contribution in [2.24, 2.45) is 13.0 Å². The second-order valence-electron chi connectivity index (χ2n) is 6.57. The summed E-state index contributed by atoms with van der Waals surface area (Å²) >= 11 is 0. The number of aryl methyl sites for hydroxylation is 1. The Morgan fingerprint density at radius 2 is 2.08 bits per heavy atom. The van der Waals surface area contributed by atoms with Crippen molar-refractivity contribution in [3.8, 4) is 0 Å². The lowest BCUT2D eigenvalue weighted by atomic mass is 9.76. The van der Waals surface area contributed by atoms with Crippen LogP contribution in [0.1, 0.15) is 34.0 Å². The van der Waals surface area contributed by atoms with Crippen LogP contribution >= 0.6 is 0 Å². The summed E-state index contributed by atoms with van der Waals surface area (Å²) in [6.45, 7) is 4.40. The van der Waals surface area contributed by atoms with E-state index in [1.165, 1.54) is 5.56 Å². The van der Waals surface area contributed by atoms with Gasteiger partial charge in [-0.1, -0.05) is 30.3 Å². The Morgan fingerprint density at radius 3 is 2.71 bits per heavy atom. The van der Waals surface area contributed by atoms with Crippen LogP contribution < -0.4 is 0 Å². The highest BCUT2D eigenvalue weighted by Crippen LogP contribution is 2.36. The number of ketones is 1. The molecule has 128 valence electrons. The van der Waals surface area contributed by atoms with Crippen molar-refractivity contribution in [2.75, 3.05) is 26.2 Å². The first-order valence-corrected chi connectivity index (χ1v) is 8.52. The Bertz CT molecular complexity index is 696.